The van der Waals surface area contributed by atoms with Crippen LogP contribution in [-0.2, 0) is 0 Å². The summed E-state index contributed by atoms with van der Waals surface area (Å²) in [5, 5.41) is 2.06. The molecule has 4 heteroatoms. The molecular weight excluding hydrogens is 253 g/mol. The smallest absolute Gasteiger partial charge is 0.160 e. The second-order valence-electron chi connectivity index (χ2n) is 1.33. The van der Waals surface area contributed by atoms with Crippen LogP contribution in [0.4, 0.5) is 0 Å². The predicted octanol–water partition coefficient (Wildman–Crippen LogP) is 2.89. The Morgan fingerprint density at radius 1 is 1.88 bits per heavy atom. The van der Waals surface area contributed by atoms with Gasteiger partial charge in [-0.3, -0.25) is 0 Å². The van der Waals surface area contributed by atoms with Gasteiger partial charge < -0.3 is 0 Å². The van der Waals surface area contributed by atoms with E-state index in [1.807, 2.05) is 6.92 Å². The van der Waals surface area contributed by atoms with E-state index in [4.69, 9.17) is 0 Å². The summed E-state index contributed by atoms with van der Waals surface area (Å²) in [5.41, 5.74) is 1.12. The van der Waals surface area contributed by atoms with Gasteiger partial charge in [0, 0.05) is 32.3 Å². The van der Waals surface area contributed by atoms with Crippen molar-refractivity contribution in [3.05, 3.63) is 11.1 Å². The molecule has 0 aliphatic heterocycles. The summed E-state index contributed by atoms with van der Waals surface area (Å²) in [6, 6.07) is 0. The summed E-state index contributed by atoms with van der Waals surface area (Å²) in [6.45, 7) is 2.01. The number of aryl methyl sites for hydroxylation is 1. The van der Waals surface area contributed by atoms with E-state index < -0.39 is 0 Å². The molecule has 1 aromatic heterocycles. The largest absolute Gasteiger partial charge is 0.234 e. The van der Waals surface area contributed by atoms with Gasteiger partial charge >= 0.3 is 0 Å². The zero-order chi connectivity index (χ0) is 5.98. The molecule has 0 radical (unpaired) electrons. The minimum absolute atomic E-state index is 1.12. The lowest BCUT2D eigenvalue weighted by molar-refractivity contribution is 1.17. The van der Waals surface area contributed by atoms with Crippen LogP contribution in [0.2, 0.25) is 0 Å². The third-order valence-corrected chi connectivity index (χ3v) is 4.33. The fourth-order valence-electron chi connectivity index (χ4n) is 0.368. The lowest BCUT2D eigenvalue weighted by Gasteiger charge is -1.76. The molecule has 0 aromatic carbocycles. The number of nitrogens with zero attached hydrogens (tertiary/aromatic N) is 1. The van der Waals surface area contributed by atoms with Crippen LogP contribution in [-0.4, -0.2) is 4.98 Å². The molecule has 0 unspecified atom stereocenters. The molecule has 0 saturated carbocycles. The first-order valence-electron chi connectivity index (χ1n) is 2.03. The Bertz CT molecular complexity index is 174. The van der Waals surface area contributed by atoms with Gasteiger partial charge in [-0.2, -0.15) is 0 Å². The van der Waals surface area contributed by atoms with Crippen molar-refractivity contribution in [2.24, 2.45) is 0 Å². The molecule has 0 N–H and O–H groups in total. The van der Waals surface area contributed by atoms with E-state index in [1.54, 1.807) is 20.3 Å². The van der Waals surface area contributed by atoms with E-state index in [2.05, 4.69) is 31.6 Å². The molecule has 0 bridgehead atoms. The molecule has 0 fully saturated rings. The van der Waals surface area contributed by atoms with Crippen LogP contribution >= 0.6 is 41.5 Å². The lowest BCUT2D eigenvalue weighted by Crippen LogP contribution is -1.65. The molecule has 0 spiro atoms. The molecule has 1 rings (SSSR count). The van der Waals surface area contributed by atoms with Crippen LogP contribution < -0.4 is 0 Å². The first-order chi connectivity index (χ1) is 3.83. The molecule has 0 saturated heterocycles. The number of aromatic nitrogens is 1. The van der Waals surface area contributed by atoms with Gasteiger partial charge in [-0.25, -0.2) is 4.98 Å². The highest BCUT2D eigenvalue weighted by Crippen LogP contribution is 2.27. The standard InChI is InChI=1S/C4H4INS2/c1-3-2-7-4(6-3)8-5/h2H,1H3. The van der Waals surface area contributed by atoms with Crippen molar-refractivity contribution in [3.8, 4) is 0 Å². The van der Waals surface area contributed by atoms with Crippen LogP contribution in [0.5, 0.6) is 0 Å². The highest BCUT2D eigenvalue weighted by molar-refractivity contribution is 14.2. The van der Waals surface area contributed by atoms with Gasteiger partial charge in [0.25, 0.3) is 0 Å². The average molecular weight is 257 g/mol. The Kier molecular flexibility index (Phi) is 2.58. The van der Waals surface area contributed by atoms with Crippen molar-refractivity contribution in [3.63, 3.8) is 0 Å². The number of rotatable bonds is 1. The highest BCUT2D eigenvalue weighted by atomic mass is 127. The molecule has 1 nitrogen and oxygen atoms in total. The molecule has 1 heterocycles. The maximum Gasteiger partial charge on any atom is 0.160 e. The van der Waals surface area contributed by atoms with Gasteiger partial charge in [-0.15, -0.1) is 11.3 Å². The second kappa shape index (κ2) is 3.03. The van der Waals surface area contributed by atoms with Crippen LogP contribution in [0.3, 0.4) is 0 Å². The number of halogens is 1. The van der Waals surface area contributed by atoms with Crippen molar-refractivity contribution < 1.29 is 0 Å². The quantitative estimate of drug-likeness (QED) is 0.717. The van der Waals surface area contributed by atoms with Crippen LogP contribution in [0.1, 0.15) is 5.69 Å². The first kappa shape index (κ1) is 6.82. The van der Waals surface area contributed by atoms with Gasteiger partial charge in [-0.05, 0) is 15.9 Å². The summed E-state index contributed by atoms with van der Waals surface area (Å²) >= 11 is 3.93. The fourth-order valence-corrected chi connectivity index (χ4v) is 2.59. The van der Waals surface area contributed by atoms with E-state index in [-0.39, 0.29) is 0 Å². The maximum atomic E-state index is 4.20. The van der Waals surface area contributed by atoms with E-state index in [0.717, 1.165) is 10.0 Å². The number of hydrogen-bond donors (Lipinski definition) is 0. The number of thiazole rings is 1. The van der Waals surface area contributed by atoms with Crippen LogP contribution in [0.25, 0.3) is 0 Å². The van der Waals surface area contributed by atoms with Crippen molar-refractivity contribution in [2.75, 3.05) is 0 Å². The summed E-state index contributed by atoms with van der Waals surface area (Å²) in [6.07, 6.45) is 0. The van der Waals surface area contributed by atoms with Gasteiger partial charge in [0.2, 0.25) is 0 Å². The Morgan fingerprint density at radius 2 is 2.62 bits per heavy atom. The van der Waals surface area contributed by atoms with Crippen LogP contribution in [0, 0.1) is 6.92 Å². The van der Waals surface area contributed by atoms with E-state index in [9.17, 15) is 0 Å². The average Bonchev–Trinajstić information content (AvgIpc) is 2.14. The zero-order valence-corrected chi connectivity index (χ0v) is 8.01. The van der Waals surface area contributed by atoms with Gasteiger partial charge in [-0.1, -0.05) is 0 Å². The predicted molar refractivity (Wildman–Crippen MR) is 46.7 cm³/mol. The minimum atomic E-state index is 1.12. The monoisotopic (exact) mass is 257 g/mol. The number of hydrogen-bond acceptors (Lipinski definition) is 3. The Morgan fingerprint density at radius 3 is 2.88 bits per heavy atom. The lowest BCUT2D eigenvalue weighted by atomic mass is 10.6. The minimum Gasteiger partial charge on any atom is -0.234 e. The Balaban J connectivity index is 2.84. The van der Waals surface area contributed by atoms with Crippen molar-refractivity contribution >= 4 is 41.5 Å². The van der Waals surface area contributed by atoms with Crippen molar-refractivity contribution in [1.82, 2.24) is 4.98 Å². The molecule has 8 heavy (non-hydrogen) atoms. The summed E-state index contributed by atoms with van der Waals surface area (Å²) in [4.78, 5) is 4.20. The SMILES string of the molecule is Cc1csc(SI)n1. The van der Waals surface area contributed by atoms with E-state index in [1.165, 1.54) is 0 Å². The molecule has 0 aliphatic carbocycles. The van der Waals surface area contributed by atoms with Gasteiger partial charge in [0.15, 0.2) is 4.34 Å². The molecule has 0 aliphatic rings. The van der Waals surface area contributed by atoms with E-state index in [0.29, 0.717) is 0 Å². The Hall–Kier alpha value is 0.710. The molecular formula is C4H4INS2. The third kappa shape index (κ3) is 1.60. The summed E-state index contributed by atoms with van der Waals surface area (Å²) in [7, 11) is 1.67. The Labute approximate surface area is 68.5 Å². The van der Waals surface area contributed by atoms with E-state index >= 15 is 0 Å². The molecule has 0 atom stereocenters. The summed E-state index contributed by atoms with van der Waals surface area (Å²) < 4.78 is 1.14. The van der Waals surface area contributed by atoms with Crippen molar-refractivity contribution in [1.29, 1.82) is 0 Å². The third-order valence-electron chi connectivity index (χ3n) is 0.664. The van der Waals surface area contributed by atoms with Gasteiger partial charge in [0.05, 0.1) is 0 Å². The second-order valence-corrected chi connectivity index (χ2v) is 4.31. The first-order valence-corrected chi connectivity index (χ1v) is 6.27. The summed E-state index contributed by atoms with van der Waals surface area (Å²) in [5.74, 6) is 0. The highest BCUT2D eigenvalue weighted by Gasteiger charge is 1.93. The molecule has 1 aromatic rings. The van der Waals surface area contributed by atoms with Crippen molar-refractivity contribution in [2.45, 2.75) is 11.3 Å². The molecule has 44 valence electrons. The van der Waals surface area contributed by atoms with Gasteiger partial charge in [0.1, 0.15) is 0 Å². The normalized spacial score (nSPS) is 9.75. The fraction of sp³-hybridized carbons (Fsp3) is 0.250. The molecule has 0 amide bonds. The van der Waals surface area contributed by atoms with Crippen LogP contribution in [0.15, 0.2) is 9.72 Å². The zero-order valence-electron chi connectivity index (χ0n) is 4.22. The maximum absolute atomic E-state index is 4.20. The topological polar surface area (TPSA) is 12.9 Å².